The van der Waals surface area contributed by atoms with Gasteiger partial charge in [-0.2, -0.15) is 67.4 Å². The van der Waals surface area contributed by atoms with E-state index < -0.39 is 0 Å². The van der Waals surface area contributed by atoms with Crippen LogP contribution in [0.3, 0.4) is 0 Å². The summed E-state index contributed by atoms with van der Waals surface area (Å²) in [7, 11) is 0. The first-order valence-corrected chi connectivity index (χ1v) is 17.2. The standard InChI is InChI=1S/C42H42N6.Ir/c1(2-5-13-36-20-23-41(43-31-36)42-30-37-14-8-9-15-38(37)32-44-42)4-12-35-18-21-40(22-19-35)48-29-27-46(34-48)25-11-10-24-45-26-28-47(33-45)39-16-6-3-7-17-39;/h3,6-9,14-16,18-21,23,26-34H,1-2,4-5,10-13,24-25H2;/q-4;. The molecule has 0 fully saturated rings. The Bertz CT molecular complexity index is 1810. The molecular weight excluding hydrogens is 781 g/mol. The normalized spacial score (nSPS) is 13.9. The summed E-state index contributed by atoms with van der Waals surface area (Å²) in [6.45, 7) is 6.32. The van der Waals surface area contributed by atoms with Crippen LogP contribution in [0.5, 0.6) is 0 Å². The zero-order chi connectivity index (χ0) is 32.4. The molecule has 49 heavy (non-hydrogen) atoms. The zero-order valence-electron chi connectivity index (χ0n) is 27.8. The molecule has 7 heteroatoms. The minimum Gasteiger partial charge on any atom is -0.508 e. The Balaban J connectivity index is 0.00000417. The van der Waals surface area contributed by atoms with Crippen molar-refractivity contribution in [2.75, 3.05) is 22.9 Å². The molecule has 0 amide bonds. The number of unbranched alkanes of at least 4 members (excludes halogenated alkanes) is 4. The second-order valence-electron chi connectivity index (χ2n) is 12.5. The Hall–Kier alpha value is -4.45. The van der Waals surface area contributed by atoms with Gasteiger partial charge in [-0.05, 0) is 86.7 Å². The number of fused-ring (bicyclic) bond motifs is 1. The quantitative estimate of drug-likeness (QED) is 0.0776. The summed E-state index contributed by atoms with van der Waals surface area (Å²) < 4.78 is 0. The average Bonchev–Trinajstić information content (AvgIpc) is 3.83. The molecule has 2 aliphatic rings. The fourth-order valence-corrected chi connectivity index (χ4v) is 6.20. The van der Waals surface area contributed by atoms with Crippen molar-refractivity contribution in [1.29, 1.82) is 0 Å². The van der Waals surface area contributed by atoms with Crippen molar-refractivity contribution in [2.24, 2.45) is 0 Å². The Morgan fingerprint density at radius 3 is 1.86 bits per heavy atom. The SMILES string of the molecule is [Ir].[c-]1ccccc1N1C=CN(CCCCN2C=CN(c3[c-]cc(CCCCCCc4ccc(-c5cc6ccccc6cn5)nc4)cc3)[CH-]2)[CH-]1. The monoisotopic (exact) mass is 823 g/mol. The van der Waals surface area contributed by atoms with Crippen molar-refractivity contribution in [2.45, 2.75) is 51.4 Å². The van der Waals surface area contributed by atoms with E-state index in [4.69, 9.17) is 4.98 Å². The van der Waals surface area contributed by atoms with Crippen LogP contribution in [0.2, 0.25) is 0 Å². The molecule has 7 rings (SSSR count). The molecule has 6 nitrogen and oxygen atoms in total. The summed E-state index contributed by atoms with van der Waals surface area (Å²) in [5.74, 6) is 0. The van der Waals surface area contributed by atoms with Crippen molar-refractivity contribution < 1.29 is 20.1 Å². The second-order valence-corrected chi connectivity index (χ2v) is 12.5. The third-order valence-electron chi connectivity index (χ3n) is 8.97. The van der Waals surface area contributed by atoms with Gasteiger partial charge in [-0.1, -0.05) is 56.0 Å². The van der Waals surface area contributed by atoms with Gasteiger partial charge in [0.2, 0.25) is 0 Å². The van der Waals surface area contributed by atoms with E-state index in [2.05, 4.69) is 136 Å². The zero-order valence-corrected chi connectivity index (χ0v) is 30.2. The number of aryl methyl sites for hydroxylation is 2. The van der Waals surface area contributed by atoms with E-state index in [0.717, 1.165) is 66.9 Å². The molecule has 1 radical (unpaired) electrons. The molecule has 3 aromatic carbocycles. The van der Waals surface area contributed by atoms with Crippen LogP contribution in [-0.2, 0) is 32.9 Å². The van der Waals surface area contributed by atoms with E-state index in [-0.39, 0.29) is 20.1 Å². The van der Waals surface area contributed by atoms with E-state index >= 15 is 0 Å². The number of hydrogen-bond donors (Lipinski definition) is 0. The van der Waals surface area contributed by atoms with Crippen LogP contribution in [0.4, 0.5) is 11.4 Å². The molecule has 0 unspecified atom stereocenters. The number of pyridine rings is 2. The van der Waals surface area contributed by atoms with E-state index in [9.17, 15) is 0 Å². The molecule has 2 aromatic heterocycles. The van der Waals surface area contributed by atoms with Crippen LogP contribution in [0.1, 0.15) is 49.7 Å². The minimum atomic E-state index is 0. The average molecular weight is 823 g/mol. The van der Waals surface area contributed by atoms with Crippen molar-refractivity contribution in [3.05, 3.63) is 159 Å². The van der Waals surface area contributed by atoms with E-state index in [1.54, 1.807) is 0 Å². The number of hydrogen-bond acceptors (Lipinski definition) is 6. The molecule has 0 saturated carbocycles. The van der Waals surface area contributed by atoms with Gasteiger partial charge in [0, 0.05) is 37.9 Å². The molecule has 0 spiro atoms. The first-order chi connectivity index (χ1) is 23.8. The van der Waals surface area contributed by atoms with Gasteiger partial charge in [0.15, 0.2) is 0 Å². The van der Waals surface area contributed by atoms with Gasteiger partial charge in [0.1, 0.15) is 0 Å². The van der Waals surface area contributed by atoms with Crippen LogP contribution < -0.4 is 9.80 Å². The maximum atomic E-state index is 4.71. The first-order valence-electron chi connectivity index (χ1n) is 17.2. The maximum Gasteiger partial charge on any atom is 0.0892 e. The summed E-state index contributed by atoms with van der Waals surface area (Å²) in [5.41, 5.74) is 6.66. The number of anilines is 2. The number of rotatable bonds is 15. The fourth-order valence-electron chi connectivity index (χ4n) is 6.20. The van der Waals surface area contributed by atoms with Crippen LogP contribution >= 0.6 is 0 Å². The number of para-hydroxylation sites is 1. The summed E-state index contributed by atoms with van der Waals surface area (Å²) in [4.78, 5) is 18.1. The molecule has 0 saturated heterocycles. The largest absolute Gasteiger partial charge is 0.508 e. The minimum absolute atomic E-state index is 0. The molecule has 0 N–H and O–H groups in total. The third kappa shape index (κ3) is 9.38. The van der Waals surface area contributed by atoms with Gasteiger partial charge >= 0.3 is 0 Å². The van der Waals surface area contributed by atoms with Crippen molar-refractivity contribution >= 4 is 22.1 Å². The molecule has 0 atom stereocenters. The maximum absolute atomic E-state index is 4.71. The van der Waals surface area contributed by atoms with Gasteiger partial charge < -0.3 is 19.6 Å². The fraction of sp³-hybridized carbons (Fsp3) is 0.238. The van der Waals surface area contributed by atoms with E-state index in [1.165, 1.54) is 42.2 Å². The summed E-state index contributed by atoms with van der Waals surface area (Å²) in [5, 5.41) is 2.35. The Labute approximate surface area is 305 Å². The molecule has 0 aliphatic carbocycles. The number of nitrogens with zero attached hydrogens (tertiary/aromatic N) is 6. The number of aromatic nitrogens is 2. The van der Waals surface area contributed by atoms with Gasteiger partial charge in [0.05, 0.1) is 11.4 Å². The molecule has 0 bridgehead atoms. The first kappa shape index (κ1) is 34.4. The van der Waals surface area contributed by atoms with Gasteiger partial charge in [-0.25, -0.2) is 0 Å². The Morgan fingerprint density at radius 2 is 1.20 bits per heavy atom. The van der Waals surface area contributed by atoms with Crippen LogP contribution in [0.25, 0.3) is 22.2 Å². The van der Waals surface area contributed by atoms with Gasteiger partial charge in [0.25, 0.3) is 0 Å². The molecule has 253 valence electrons. The van der Waals surface area contributed by atoms with Crippen LogP contribution in [-0.4, -0.2) is 32.9 Å². The van der Waals surface area contributed by atoms with Crippen molar-refractivity contribution in [3.8, 4) is 11.4 Å². The van der Waals surface area contributed by atoms with E-state index in [1.807, 2.05) is 36.7 Å². The van der Waals surface area contributed by atoms with Gasteiger partial charge in [-0.3, -0.25) is 9.97 Å². The predicted molar refractivity (Wildman–Crippen MR) is 196 cm³/mol. The summed E-state index contributed by atoms with van der Waals surface area (Å²) >= 11 is 0. The molecular formula is C42H42IrN6-4. The second kappa shape index (κ2) is 17.3. The number of benzene rings is 3. The van der Waals surface area contributed by atoms with Crippen molar-refractivity contribution in [3.63, 3.8) is 0 Å². The molecule has 5 aromatic rings. The Morgan fingerprint density at radius 1 is 0.551 bits per heavy atom. The predicted octanol–water partition coefficient (Wildman–Crippen LogP) is 9.15. The van der Waals surface area contributed by atoms with Crippen molar-refractivity contribution in [1.82, 2.24) is 19.8 Å². The Kier molecular flexibility index (Phi) is 12.1. The third-order valence-corrected chi connectivity index (χ3v) is 8.97. The van der Waals surface area contributed by atoms with E-state index in [0.29, 0.717) is 0 Å². The topological polar surface area (TPSA) is 38.7 Å². The van der Waals surface area contributed by atoms with Crippen LogP contribution in [0.15, 0.2) is 122 Å². The molecule has 4 heterocycles. The summed E-state index contributed by atoms with van der Waals surface area (Å²) in [6.07, 6.45) is 21.7. The van der Waals surface area contributed by atoms with Crippen LogP contribution in [0, 0.1) is 25.5 Å². The molecule has 2 aliphatic heterocycles. The smallest absolute Gasteiger partial charge is 0.0892 e. The van der Waals surface area contributed by atoms with Gasteiger partial charge in [-0.15, -0.1) is 17.4 Å². The summed E-state index contributed by atoms with van der Waals surface area (Å²) in [6, 6.07) is 36.2.